The van der Waals surface area contributed by atoms with Crippen LogP contribution in [0.25, 0.3) is 11.4 Å². The predicted octanol–water partition coefficient (Wildman–Crippen LogP) is 6.19. The minimum atomic E-state index is -0.850. The number of aromatic nitrogens is 2. The van der Waals surface area contributed by atoms with Crippen LogP contribution in [0.3, 0.4) is 0 Å². The molecule has 5 rings (SSSR count). The van der Waals surface area contributed by atoms with Gasteiger partial charge in [-0.1, -0.05) is 61.0 Å². The molecular weight excluding hydrogens is 479 g/mol. The maximum absolute atomic E-state index is 14.3. The number of rotatable bonds is 7. The fraction of sp³-hybridized carbons (Fsp3) is 0.226. The third kappa shape index (κ3) is 5.18. The highest BCUT2D eigenvalue weighted by Crippen LogP contribution is 2.33. The molecular formula is C31H29FN4O2. The summed E-state index contributed by atoms with van der Waals surface area (Å²) in [6.07, 6.45) is 2.37. The zero-order chi connectivity index (χ0) is 26.8. The van der Waals surface area contributed by atoms with Gasteiger partial charge in [-0.05, 0) is 54.8 Å². The number of aliphatic carboxylic acids is 1. The van der Waals surface area contributed by atoms with Gasteiger partial charge in [-0.25, -0.2) is 14.4 Å². The summed E-state index contributed by atoms with van der Waals surface area (Å²) in [4.78, 5) is 20.7. The number of hydrogen-bond donors (Lipinski definition) is 1. The van der Waals surface area contributed by atoms with Gasteiger partial charge in [-0.3, -0.25) is 9.80 Å². The van der Waals surface area contributed by atoms with Crippen LogP contribution in [0, 0.1) is 25.6 Å². The first kappa shape index (κ1) is 25.3. The third-order valence-corrected chi connectivity index (χ3v) is 7.03. The summed E-state index contributed by atoms with van der Waals surface area (Å²) in [6.45, 7) is 5.85. The number of carboxylic acids is 1. The smallest absolute Gasteiger partial charge is 0.305 e. The third-order valence-electron chi connectivity index (χ3n) is 7.03. The quantitative estimate of drug-likeness (QED) is 0.322. The molecule has 1 aromatic heterocycles. The summed E-state index contributed by atoms with van der Waals surface area (Å²) in [5.74, 6) is -0.849. The monoisotopic (exact) mass is 508 g/mol. The first-order valence-electron chi connectivity index (χ1n) is 12.6. The molecule has 1 aliphatic heterocycles. The molecule has 1 aliphatic rings. The molecule has 1 N–H and O–H groups in total. The largest absolute Gasteiger partial charge is 0.481 e. The Kier molecular flexibility index (Phi) is 7.01. The minimum absolute atomic E-state index is 0.00678. The lowest BCUT2D eigenvalue weighted by molar-refractivity contribution is -0.137. The summed E-state index contributed by atoms with van der Waals surface area (Å²) in [5.41, 5.74) is 6.89. The second-order valence-corrected chi connectivity index (χ2v) is 9.78. The lowest BCUT2D eigenvalue weighted by Gasteiger charge is -2.25. The summed E-state index contributed by atoms with van der Waals surface area (Å²) in [7, 11) is 0. The normalized spacial score (nSPS) is 16.9. The highest BCUT2D eigenvalue weighted by molar-refractivity contribution is 6.05. The van der Waals surface area contributed by atoms with Gasteiger partial charge in [0, 0.05) is 24.2 Å². The molecule has 6 nitrogen and oxygen atoms in total. The van der Waals surface area contributed by atoms with E-state index in [0.29, 0.717) is 17.8 Å². The van der Waals surface area contributed by atoms with Gasteiger partial charge in [-0.15, -0.1) is 0 Å². The number of anilines is 1. The molecule has 2 atom stereocenters. The van der Waals surface area contributed by atoms with E-state index >= 15 is 0 Å². The molecule has 0 aliphatic carbocycles. The average molecular weight is 509 g/mol. The second kappa shape index (κ2) is 10.5. The molecule has 192 valence electrons. The standard InChI is InChI=1S/C31H29FN4O2/c1-19-9-14-27(32)26(15-19)31-33-18-24(21(3)34-31)16-22-10-12-25(13-11-22)36-28(17-29(37)38)20(2)30(35-36)23-7-5-4-6-8-23/h4-15,18,20,28H,16-17H2,1-3H3,(H,37,38)/t20?,28-/m0/s1. The van der Waals surface area contributed by atoms with Crippen LogP contribution in [-0.4, -0.2) is 32.8 Å². The Morgan fingerprint density at radius 1 is 1.03 bits per heavy atom. The van der Waals surface area contributed by atoms with E-state index < -0.39 is 5.97 Å². The molecule has 0 spiro atoms. The van der Waals surface area contributed by atoms with Gasteiger partial charge in [0.25, 0.3) is 0 Å². The van der Waals surface area contributed by atoms with Crippen molar-refractivity contribution in [1.82, 2.24) is 9.97 Å². The Hall–Kier alpha value is -4.39. The molecule has 4 aromatic rings. The van der Waals surface area contributed by atoms with Gasteiger partial charge >= 0.3 is 5.97 Å². The summed E-state index contributed by atoms with van der Waals surface area (Å²) in [6, 6.07) is 22.5. The highest BCUT2D eigenvalue weighted by atomic mass is 19.1. The Morgan fingerprint density at radius 2 is 1.76 bits per heavy atom. The zero-order valence-corrected chi connectivity index (χ0v) is 21.6. The van der Waals surface area contributed by atoms with Crippen LogP contribution < -0.4 is 5.01 Å². The van der Waals surface area contributed by atoms with Crippen molar-refractivity contribution in [3.8, 4) is 11.4 Å². The summed E-state index contributed by atoms with van der Waals surface area (Å²) in [5, 5.41) is 16.3. The predicted molar refractivity (Wildman–Crippen MR) is 147 cm³/mol. The SMILES string of the molecule is Cc1ccc(F)c(-c2ncc(Cc3ccc(N4N=C(c5ccccc5)C(C)[C@@H]4CC(=O)O)cc3)c(C)n2)c1. The van der Waals surface area contributed by atoms with Crippen molar-refractivity contribution < 1.29 is 14.3 Å². The van der Waals surface area contributed by atoms with Crippen molar-refractivity contribution in [2.75, 3.05) is 5.01 Å². The second-order valence-electron chi connectivity index (χ2n) is 9.78. The molecule has 0 fully saturated rings. The Morgan fingerprint density at radius 3 is 2.45 bits per heavy atom. The van der Waals surface area contributed by atoms with Crippen LogP contribution in [0.15, 0.2) is 84.1 Å². The van der Waals surface area contributed by atoms with Gasteiger partial charge in [0.1, 0.15) is 5.82 Å². The van der Waals surface area contributed by atoms with Crippen LogP contribution in [0.1, 0.15) is 41.3 Å². The number of halogens is 1. The van der Waals surface area contributed by atoms with Gasteiger partial charge in [0.15, 0.2) is 5.82 Å². The fourth-order valence-electron chi connectivity index (χ4n) is 4.89. The topological polar surface area (TPSA) is 78.7 Å². The lowest BCUT2D eigenvalue weighted by Crippen LogP contribution is -2.34. The van der Waals surface area contributed by atoms with Crippen molar-refractivity contribution in [2.24, 2.45) is 11.0 Å². The van der Waals surface area contributed by atoms with Gasteiger partial charge in [0.2, 0.25) is 0 Å². The van der Waals surface area contributed by atoms with Gasteiger partial charge in [0.05, 0.1) is 29.4 Å². The minimum Gasteiger partial charge on any atom is -0.481 e. The highest BCUT2D eigenvalue weighted by Gasteiger charge is 2.37. The van der Waals surface area contributed by atoms with Crippen LogP contribution in [0.2, 0.25) is 0 Å². The molecule has 2 heterocycles. The first-order chi connectivity index (χ1) is 18.3. The van der Waals surface area contributed by atoms with Crippen LogP contribution in [0.4, 0.5) is 10.1 Å². The molecule has 38 heavy (non-hydrogen) atoms. The zero-order valence-electron chi connectivity index (χ0n) is 21.6. The first-order valence-corrected chi connectivity index (χ1v) is 12.6. The molecule has 3 aromatic carbocycles. The van der Waals surface area contributed by atoms with Crippen molar-refractivity contribution in [2.45, 2.75) is 39.7 Å². The van der Waals surface area contributed by atoms with Crippen LogP contribution >= 0.6 is 0 Å². The van der Waals surface area contributed by atoms with Crippen molar-refractivity contribution >= 4 is 17.4 Å². The van der Waals surface area contributed by atoms with E-state index in [-0.39, 0.29) is 24.2 Å². The number of hydrazone groups is 1. The number of nitrogens with zero attached hydrogens (tertiary/aromatic N) is 4. The lowest BCUT2D eigenvalue weighted by atomic mass is 9.91. The van der Waals surface area contributed by atoms with E-state index in [1.54, 1.807) is 18.3 Å². The van der Waals surface area contributed by atoms with Gasteiger partial charge < -0.3 is 5.11 Å². The number of carboxylic acid groups (broad SMARTS) is 1. The fourth-order valence-corrected chi connectivity index (χ4v) is 4.89. The van der Waals surface area contributed by atoms with E-state index in [1.807, 2.05) is 80.4 Å². The molecule has 0 radical (unpaired) electrons. The Bertz CT molecular complexity index is 1500. The van der Waals surface area contributed by atoms with E-state index in [9.17, 15) is 14.3 Å². The van der Waals surface area contributed by atoms with Crippen molar-refractivity contribution in [1.29, 1.82) is 0 Å². The summed E-state index contributed by atoms with van der Waals surface area (Å²) >= 11 is 0. The maximum Gasteiger partial charge on any atom is 0.305 e. The molecule has 0 bridgehead atoms. The molecule has 0 saturated heterocycles. The molecule has 0 amide bonds. The maximum atomic E-state index is 14.3. The van der Waals surface area contributed by atoms with Crippen molar-refractivity contribution in [3.63, 3.8) is 0 Å². The van der Waals surface area contributed by atoms with Gasteiger partial charge in [-0.2, -0.15) is 5.10 Å². The number of carbonyl (C=O) groups is 1. The van der Waals surface area contributed by atoms with E-state index in [1.165, 1.54) is 6.07 Å². The molecule has 0 saturated carbocycles. The Balaban J connectivity index is 1.38. The summed E-state index contributed by atoms with van der Waals surface area (Å²) < 4.78 is 14.3. The number of aryl methyl sites for hydroxylation is 2. The Labute approximate surface area is 221 Å². The van der Waals surface area contributed by atoms with Crippen molar-refractivity contribution in [3.05, 3.63) is 113 Å². The molecule has 7 heteroatoms. The van der Waals surface area contributed by atoms with Crippen LogP contribution in [0.5, 0.6) is 0 Å². The van der Waals surface area contributed by atoms with E-state index in [2.05, 4.69) is 9.97 Å². The van der Waals surface area contributed by atoms with E-state index in [0.717, 1.165) is 39.3 Å². The van der Waals surface area contributed by atoms with E-state index in [4.69, 9.17) is 5.10 Å². The number of hydrogen-bond acceptors (Lipinski definition) is 5. The van der Waals surface area contributed by atoms with Crippen LogP contribution in [-0.2, 0) is 11.2 Å². The average Bonchev–Trinajstić information content (AvgIpc) is 3.23. The molecule has 1 unspecified atom stereocenters. The number of benzene rings is 3.